The summed E-state index contributed by atoms with van der Waals surface area (Å²) in [6.45, 7) is 15.3. The molecule has 0 atom stereocenters. The molecule has 2 heterocycles. The number of fused-ring (bicyclic) bond motifs is 2. The first-order chi connectivity index (χ1) is 19.1. The van der Waals surface area contributed by atoms with Crippen LogP contribution in [0.25, 0.3) is 21.8 Å². The van der Waals surface area contributed by atoms with E-state index in [2.05, 4.69) is 29.6 Å². The number of hydrogen-bond donors (Lipinski definition) is 0. The Morgan fingerprint density at radius 3 is 1.07 bits per heavy atom. The Bertz CT molecular complexity index is 1200. The summed E-state index contributed by atoms with van der Waals surface area (Å²) in [6.07, 6.45) is 0. The van der Waals surface area contributed by atoms with E-state index in [-0.39, 0.29) is 52.0 Å². The summed E-state index contributed by atoms with van der Waals surface area (Å²) < 4.78 is 8.81. The van der Waals surface area contributed by atoms with Gasteiger partial charge < -0.3 is 9.47 Å². The molecular formula is C32H52Cl4N4O4. The van der Waals surface area contributed by atoms with Crippen molar-refractivity contribution >= 4 is 80.1 Å². The van der Waals surface area contributed by atoms with Gasteiger partial charge in [-0.05, 0) is 26.0 Å². The van der Waals surface area contributed by atoms with Crippen LogP contribution >= 0.6 is 46.4 Å². The van der Waals surface area contributed by atoms with Crippen LogP contribution in [0.1, 0.15) is 85.1 Å². The maximum absolute atomic E-state index is 9.82. The third-order valence-electron chi connectivity index (χ3n) is 3.78. The maximum Gasteiger partial charge on any atom is 0.302 e. The molecule has 2 aromatic carbocycles. The van der Waals surface area contributed by atoms with E-state index in [1.807, 2.05) is 76.2 Å². The van der Waals surface area contributed by atoms with E-state index in [0.717, 1.165) is 21.8 Å². The summed E-state index contributed by atoms with van der Waals surface area (Å²) in [5.74, 6) is -0.421. The highest BCUT2D eigenvalue weighted by Gasteiger charge is 2.04. The molecule has 0 fully saturated rings. The Morgan fingerprint density at radius 2 is 0.841 bits per heavy atom. The topological polar surface area (TPSA) is 104 Å². The molecule has 0 spiro atoms. The molecule has 0 radical (unpaired) electrons. The van der Waals surface area contributed by atoms with Crippen LogP contribution in [0.15, 0.2) is 48.5 Å². The Balaban J connectivity index is -0.000000107. The summed E-state index contributed by atoms with van der Waals surface area (Å²) in [6, 6.07) is 14.9. The van der Waals surface area contributed by atoms with Gasteiger partial charge in [0.05, 0.1) is 24.2 Å². The standard InChI is InChI=1S/2C8H4Cl2N2.2C4H8O2.2C2H6.4CH4/c9-7-8(10)12-6-4-2-1-3-5(6)11-7;9-7-5-3-1-2-4-6(5)8(10)12-11-7;2*1-3-6-4(2)5;2*1-2;;;;/h2*1-4H;2*3H2,1-2H3;2*1-2H3;4*1H4. The minimum absolute atomic E-state index is 0. The molecule has 12 heteroatoms. The molecule has 44 heavy (non-hydrogen) atoms. The second-order valence-electron chi connectivity index (χ2n) is 6.47. The van der Waals surface area contributed by atoms with Crippen molar-refractivity contribution in [2.45, 2.75) is 85.1 Å². The van der Waals surface area contributed by atoms with Crippen molar-refractivity contribution in [3.63, 3.8) is 0 Å². The van der Waals surface area contributed by atoms with Crippen LogP contribution < -0.4 is 0 Å². The molecule has 8 nitrogen and oxygen atoms in total. The molecule has 0 saturated heterocycles. The van der Waals surface area contributed by atoms with E-state index in [0.29, 0.717) is 23.5 Å². The molecule has 252 valence electrons. The molecule has 0 unspecified atom stereocenters. The van der Waals surface area contributed by atoms with Gasteiger partial charge in [0, 0.05) is 24.6 Å². The van der Waals surface area contributed by atoms with Gasteiger partial charge in [-0.1, -0.05) is 140 Å². The van der Waals surface area contributed by atoms with Gasteiger partial charge in [0.2, 0.25) is 0 Å². The van der Waals surface area contributed by atoms with Gasteiger partial charge in [0.25, 0.3) is 0 Å². The average molecular weight is 699 g/mol. The van der Waals surface area contributed by atoms with Crippen molar-refractivity contribution in [1.82, 2.24) is 20.2 Å². The second kappa shape index (κ2) is 33.1. The molecule has 0 saturated carbocycles. The van der Waals surface area contributed by atoms with E-state index in [4.69, 9.17) is 46.4 Å². The quantitative estimate of drug-likeness (QED) is 0.191. The van der Waals surface area contributed by atoms with Crippen LogP contribution in [0.2, 0.25) is 20.6 Å². The number of rotatable bonds is 2. The number of hydrogen-bond acceptors (Lipinski definition) is 8. The van der Waals surface area contributed by atoms with Crippen molar-refractivity contribution in [3.8, 4) is 0 Å². The fraction of sp³-hybridized carbons (Fsp3) is 0.438. The largest absolute Gasteiger partial charge is 0.466 e. The van der Waals surface area contributed by atoms with Crippen molar-refractivity contribution in [2.75, 3.05) is 13.2 Å². The van der Waals surface area contributed by atoms with E-state index >= 15 is 0 Å². The Labute approximate surface area is 285 Å². The number of nitrogens with zero attached hydrogens (tertiary/aromatic N) is 4. The number of ether oxygens (including phenoxy) is 2. The lowest BCUT2D eigenvalue weighted by Gasteiger charge is -1.98. The summed E-state index contributed by atoms with van der Waals surface area (Å²) in [7, 11) is 0. The molecule has 0 aliphatic carbocycles. The van der Waals surface area contributed by atoms with Gasteiger partial charge in [0.15, 0.2) is 20.6 Å². The zero-order valence-electron chi connectivity index (χ0n) is 24.0. The smallest absolute Gasteiger partial charge is 0.302 e. The number of carbonyl (C=O) groups is 2. The van der Waals surface area contributed by atoms with E-state index < -0.39 is 0 Å². The number of aromatic nitrogens is 4. The highest BCUT2D eigenvalue weighted by molar-refractivity contribution is 6.40. The van der Waals surface area contributed by atoms with Gasteiger partial charge in [-0.15, -0.1) is 10.2 Å². The van der Waals surface area contributed by atoms with Gasteiger partial charge >= 0.3 is 11.9 Å². The lowest BCUT2D eigenvalue weighted by atomic mass is 10.2. The highest BCUT2D eigenvalue weighted by Crippen LogP contribution is 2.25. The highest BCUT2D eigenvalue weighted by atomic mass is 35.5. The van der Waals surface area contributed by atoms with Crippen LogP contribution in [-0.4, -0.2) is 45.3 Å². The molecule has 0 bridgehead atoms. The normalized spacial score (nSPS) is 8.09. The number of halogens is 4. The van der Waals surface area contributed by atoms with Gasteiger partial charge in [-0.3, -0.25) is 9.59 Å². The van der Waals surface area contributed by atoms with Crippen LogP contribution in [0.5, 0.6) is 0 Å². The molecule has 0 aliphatic heterocycles. The minimum atomic E-state index is -0.211. The van der Waals surface area contributed by atoms with Gasteiger partial charge in [-0.2, -0.15) is 0 Å². The second-order valence-corrected chi connectivity index (χ2v) is 7.90. The Morgan fingerprint density at radius 1 is 0.568 bits per heavy atom. The molecule has 0 amide bonds. The third kappa shape index (κ3) is 22.7. The number of benzene rings is 2. The molecule has 4 aromatic rings. The number of esters is 2. The van der Waals surface area contributed by atoms with E-state index in [9.17, 15) is 9.59 Å². The van der Waals surface area contributed by atoms with Gasteiger partial charge in [0.1, 0.15) is 0 Å². The van der Waals surface area contributed by atoms with Crippen molar-refractivity contribution in [2.24, 2.45) is 0 Å². The number of para-hydroxylation sites is 2. The monoisotopic (exact) mass is 696 g/mol. The van der Waals surface area contributed by atoms with Gasteiger partial charge in [-0.25, -0.2) is 9.97 Å². The van der Waals surface area contributed by atoms with Crippen LogP contribution in [0, 0.1) is 0 Å². The predicted octanol–water partition coefficient (Wildman–Crippen LogP) is 11.6. The molecule has 2 aromatic heterocycles. The lowest BCUT2D eigenvalue weighted by molar-refractivity contribution is -0.141. The SMILES string of the molecule is C.C.C.C.CC.CC.CCOC(C)=O.CCOC(C)=O.Clc1nc2ccccc2nc1Cl.Clc1nnc(Cl)c2ccccc12. The lowest BCUT2D eigenvalue weighted by Crippen LogP contribution is -1.95. The van der Waals surface area contributed by atoms with E-state index in [1.54, 1.807) is 13.8 Å². The fourth-order valence-corrected chi connectivity index (χ4v) is 3.07. The van der Waals surface area contributed by atoms with Crippen LogP contribution in [0.4, 0.5) is 0 Å². The van der Waals surface area contributed by atoms with E-state index in [1.165, 1.54) is 13.8 Å². The minimum Gasteiger partial charge on any atom is -0.466 e. The average Bonchev–Trinajstić information content (AvgIpc) is 2.95. The third-order valence-corrected chi connectivity index (χ3v) is 4.96. The van der Waals surface area contributed by atoms with Crippen molar-refractivity contribution < 1.29 is 19.1 Å². The summed E-state index contributed by atoms with van der Waals surface area (Å²) in [5.41, 5.74) is 1.51. The van der Waals surface area contributed by atoms with Crippen molar-refractivity contribution in [1.29, 1.82) is 0 Å². The van der Waals surface area contributed by atoms with Crippen LogP contribution in [-0.2, 0) is 19.1 Å². The first-order valence-corrected chi connectivity index (χ1v) is 14.0. The molecular weight excluding hydrogens is 646 g/mol. The Kier molecular flexibility index (Phi) is 40.5. The molecule has 4 rings (SSSR count). The zero-order valence-corrected chi connectivity index (χ0v) is 27.0. The fourth-order valence-electron chi connectivity index (χ4n) is 2.40. The maximum atomic E-state index is 9.82. The first kappa shape index (κ1) is 53.8. The first-order valence-electron chi connectivity index (χ1n) is 12.5. The Hall–Kier alpha value is -2.78. The van der Waals surface area contributed by atoms with Crippen LogP contribution in [0.3, 0.4) is 0 Å². The summed E-state index contributed by atoms with van der Waals surface area (Å²) in [4.78, 5) is 27.7. The molecule has 0 aliphatic rings. The summed E-state index contributed by atoms with van der Waals surface area (Å²) >= 11 is 23.0. The van der Waals surface area contributed by atoms with Crippen molar-refractivity contribution in [3.05, 3.63) is 69.1 Å². The molecule has 0 N–H and O–H groups in total. The predicted molar refractivity (Wildman–Crippen MR) is 193 cm³/mol. The zero-order chi connectivity index (χ0) is 31.1. The summed E-state index contributed by atoms with van der Waals surface area (Å²) in [5, 5.41) is 10.3. The number of carbonyl (C=O) groups excluding carboxylic acids is 2.